The lowest BCUT2D eigenvalue weighted by Gasteiger charge is -2.31. The van der Waals surface area contributed by atoms with Crippen LogP contribution in [0.25, 0.3) is 5.69 Å². The smallest absolute Gasteiger partial charge is 0.123 e. The van der Waals surface area contributed by atoms with Crippen LogP contribution >= 0.6 is 0 Å². The summed E-state index contributed by atoms with van der Waals surface area (Å²) in [6.45, 7) is 4.14. The van der Waals surface area contributed by atoms with Crippen LogP contribution in [0.2, 0.25) is 0 Å². The van der Waals surface area contributed by atoms with Crippen LogP contribution in [-0.2, 0) is 11.3 Å². The number of nitrogens with zero attached hydrogens (tertiary/aromatic N) is 4. The molecular weight excluding hydrogens is 343 g/mol. The first kappa shape index (κ1) is 17.3. The molecule has 3 fully saturated rings. The van der Waals surface area contributed by atoms with Gasteiger partial charge in [0, 0.05) is 49.8 Å². The van der Waals surface area contributed by atoms with Gasteiger partial charge in [-0.05, 0) is 51.2 Å². The average Bonchev–Trinajstić information content (AvgIpc) is 3.37. The summed E-state index contributed by atoms with van der Waals surface area (Å²) < 4.78 is 21.5. The highest BCUT2D eigenvalue weighted by Gasteiger charge is 2.62. The van der Waals surface area contributed by atoms with Gasteiger partial charge in [0.1, 0.15) is 5.82 Å². The zero-order valence-corrected chi connectivity index (χ0v) is 16.0. The first-order valence-electron chi connectivity index (χ1n) is 9.87. The van der Waals surface area contributed by atoms with Crippen molar-refractivity contribution in [3.63, 3.8) is 0 Å². The first-order chi connectivity index (χ1) is 13.0. The third kappa shape index (κ3) is 3.00. The van der Waals surface area contributed by atoms with Crippen molar-refractivity contribution in [3.8, 4) is 5.69 Å². The number of likely N-dealkylation sites (tertiary alicyclic amines) is 1. The Morgan fingerprint density at radius 2 is 2.11 bits per heavy atom. The van der Waals surface area contributed by atoms with E-state index in [1.54, 1.807) is 12.1 Å². The molecule has 0 radical (unpaired) electrons. The van der Waals surface area contributed by atoms with Crippen LogP contribution in [0.4, 0.5) is 4.39 Å². The molecule has 27 heavy (non-hydrogen) atoms. The fraction of sp³-hybridized carbons (Fsp3) is 0.571. The Kier molecular flexibility index (Phi) is 4.11. The maximum atomic E-state index is 13.1. The summed E-state index contributed by atoms with van der Waals surface area (Å²) in [7, 11) is 4.32. The van der Waals surface area contributed by atoms with Crippen molar-refractivity contribution in [2.75, 3.05) is 33.7 Å². The SMILES string of the molecule is CN(C)C[C@H]1[C@H]2CN(Cc3cnn(-c4ccc(F)cc4)c3)C[C@]23CC[C@H]1O3. The van der Waals surface area contributed by atoms with Crippen LogP contribution < -0.4 is 0 Å². The Bertz CT molecular complexity index is 820. The summed E-state index contributed by atoms with van der Waals surface area (Å²) in [4.78, 5) is 4.83. The minimum atomic E-state index is -0.226. The van der Waals surface area contributed by atoms with Gasteiger partial charge in [-0.15, -0.1) is 0 Å². The molecule has 1 aromatic carbocycles. The average molecular weight is 370 g/mol. The molecule has 0 amide bonds. The topological polar surface area (TPSA) is 33.5 Å². The number of aromatic nitrogens is 2. The molecule has 0 aliphatic carbocycles. The van der Waals surface area contributed by atoms with Gasteiger partial charge in [0.15, 0.2) is 0 Å². The summed E-state index contributed by atoms with van der Waals surface area (Å²) in [5, 5.41) is 4.46. The standard InChI is InChI=1S/C21H27FN4O/c1-24(2)12-18-19-13-25(14-21(19)8-7-20(18)27-21)10-15-9-23-26(11-15)17-5-3-16(22)4-6-17/h3-6,9,11,18-20H,7-8,10,12-14H2,1-2H3/t18-,19+,20+,21+/m0/s1. The molecule has 2 bridgehead atoms. The Balaban J connectivity index is 1.28. The van der Waals surface area contributed by atoms with Crippen molar-refractivity contribution >= 4 is 0 Å². The van der Waals surface area contributed by atoms with Crippen LogP contribution in [0, 0.1) is 17.7 Å². The maximum absolute atomic E-state index is 13.1. The van der Waals surface area contributed by atoms with Crippen molar-refractivity contribution in [1.82, 2.24) is 19.6 Å². The molecule has 1 spiro atoms. The van der Waals surface area contributed by atoms with Gasteiger partial charge in [0.25, 0.3) is 0 Å². The molecule has 1 aromatic heterocycles. The van der Waals surface area contributed by atoms with E-state index in [-0.39, 0.29) is 11.4 Å². The maximum Gasteiger partial charge on any atom is 0.123 e. The van der Waals surface area contributed by atoms with Crippen molar-refractivity contribution in [2.24, 2.45) is 11.8 Å². The lowest BCUT2D eigenvalue weighted by molar-refractivity contribution is 0.00145. The fourth-order valence-electron chi connectivity index (χ4n) is 5.51. The third-order valence-electron chi connectivity index (χ3n) is 6.56. The van der Waals surface area contributed by atoms with Gasteiger partial charge >= 0.3 is 0 Å². The zero-order valence-electron chi connectivity index (χ0n) is 16.0. The minimum Gasteiger partial charge on any atom is -0.370 e. The van der Waals surface area contributed by atoms with E-state index in [1.807, 2.05) is 10.9 Å². The predicted octanol–water partition coefficient (Wildman–Crippen LogP) is 2.55. The fourth-order valence-corrected chi connectivity index (χ4v) is 5.51. The highest BCUT2D eigenvalue weighted by atomic mass is 19.1. The molecule has 3 aliphatic heterocycles. The van der Waals surface area contributed by atoms with Gasteiger partial charge in [-0.1, -0.05) is 0 Å². The van der Waals surface area contributed by atoms with Crippen molar-refractivity contribution in [2.45, 2.75) is 31.1 Å². The molecule has 4 heterocycles. The summed E-state index contributed by atoms with van der Waals surface area (Å²) in [6, 6.07) is 6.44. The van der Waals surface area contributed by atoms with Gasteiger partial charge in [0.2, 0.25) is 0 Å². The summed E-state index contributed by atoms with van der Waals surface area (Å²) >= 11 is 0. The number of hydrogen-bond donors (Lipinski definition) is 0. The Hall–Kier alpha value is -1.76. The van der Waals surface area contributed by atoms with Gasteiger partial charge in [-0.25, -0.2) is 9.07 Å². The highest BCUT2D eigenvalue weighted by molar-refractivity contribution is 5.31. The van der Waals surface area contributed by atoms with E-state index in [1.165, 1.54) is 30.5 Å². The number of ether oxygens (including phenoxy) is 1. The Labute approximate surface area is 159 Å². The number of hydrogen-bond acceptors (Lipinski definition) is 4. The van der Waals surface area contributed by atoms with E-state index in [9.17, 15) is 4.39 Å². The number of halogens is 1. The molecule has 6 heteroatoms. The van der Waals surface area contributed by atoms with E-state index in [0.717, 1.165) is 31.9 Å². The van der Waals surface area contributed by atoms with Gasteiger partial charge in [0.05, 0.1) is 23.6 Å². The van der Waals surface area contributed by atoms with E-state index >= 15 is 0 Å². The van der Waals surface area contributed by atoms with E-state index in [2.05, 4.69) is 35.2 Å². The highest BCUT2D eigenvalue weighted by Crippen LogP contribution is 2.55. The summed E-state index contributed by atoms with van der Waals surface area (Å²) in [5.41, 5.74) is 2.15. The lowest BCUT2D eigenvalue weighted by Crippen LogP contribution is -2.40. The van der Waals surface area contributed by atoms with Crippen LogP contribution in [0.15, 0.2) is 36.7 Å². The molecule has 0 saturated carbocycles. The third-order valence-corrected chi connectivity index (χ3v) is 6.56. The zero-order chi connectivity index (χ0) is 18.6. The summed E-state index contributed by atoms with van der Waals surface area (Å²) in [6.07, 6.45) is 6.85. The quantitative estimate of drug-likeness (QED) is 0.810. The molecule has 3 saturated heterocycles. The van der Waals surface area contributed by atoms with Crippen LogP contribution in [0.5, 0.6) is 0 Å². The minimum absolute atomic E-state index is 0.0816. The molecule has 0 unspecified atom stereocenters. The van der Waals surface area contributed by atoms with Crippen molar-refractivity contribution in [3.05, 3.63) is 48.0 Å². The number of rotatable bonds is 5. The first-order valence-corrected chi connectivity index (χ1v) is 9.87. The molecule has 2 aromatic rings. The van der Waals surface area contributed by atoms with Crippen LogP contribution in [-0.4, -0.2) is 65.0 Å². The monoisotopic (exact) mass is 370 g/mol. The van der Waals surface area contributed by atoms with Gasteiger partial charge in [-0.2, -0.15) is 5.10 Å². The van der Waals surface area contributed by atoms with Gasteiger partial charge in [-0.3, -0.25) is 4.90 Å². The molecule has 144 valence electrons. The molecule has 3 aliphatic rings. The molecule has 5 nitrogen and oxygen atoms in total. The molecular formula is C21H27FN4O. The Morgan fingerprint density at radius 3 is 2.89 bits per heavy atom. The second kappa shape index (κ2) is 6.40. The lowest BCUT2D eigenvalue weighted by atomic mass is 9.73. The largest absolute Gasteiger partial charge is 0.370 e. The number of fused-ring (bicyclic) bond motifs is 1. The normalized spacial score (nSPS) is 32.5. The Morgan fingerprint density at radius 1 is 1.30 bits per heavy atom. The molecule has 0 N–H and O–H groups in total. The second-order valence-electron chi connectivity index (χ2n) is 8.73. The van der Waals surface area contributed by atoms with Crippen LogP contribution in [0.3, 0.4) is 0 Å². The second-order valence-corrected chi connectivity index (χ2v) is 8.73. The van der Waals surface area contributed by atoms with Gasteiger partial charge < -0.3 is 9.64 Å². The van der Waals surface area contributed by atoms with E-state index in [4.69, 9.17) is 4.74 Å². The predicted molar refractivity (Wildman–Crippen MR) is 101 cm³/mol. The summed E-state index contributed by atoms with van der Waals surface area (Å²) in [5.74, 6) is 1.07. The molecule has 5 rings (SSSR count). The van der Waals surface area contributed by atoms with E-state index in [0.29, 0.717) is 17.9 Å². The van der Waals surface area contributed by atoms with Crippen molar-refractivity contribution in [1.29, 1.82) is 0 Å². The number of benzene rings is 1. The van der Waals surface area contributed by atoms with Crippen LogP contribution in [0.1, 0.15) is 18.4 Å². The molecule has 4 atom stereocenters. The van der Waals surface area contributed by atoms with E-state index < -0.39 is 0 Å². The van der Waals surface area contributed by atoms with Crippen molar-refractivity contribution < 1.29 is 9.13 Å².